The molecule has 23 heavy (non-hydrogen) atoms. The largest absolute Gasteiger partial charge is 0.573 e. The van der Waals surface area contributed by atoms with Gasteiger partial charge in [0.15, 0.2) is 0 Å². The van der Waals surface area contributed by atoms with Crippen molar-refractivity contribution < 1.29 is 27.8 Å². The van der Waals surface area contributed by atoms with Gasteiger partial charge in [0, 0.05) is 18.9 Å². The molecule has 1 amide bonds. The zero-order valence-electron chi connectivity index (χ0n) is 11.7. The van der Waals surface area contributed by atoms with E-state index in [4.69, 9.17) is 0 Å². The van der Waals surface area contributed by atoms with Crippen LogP contribution in [0.3, 0.4) is 0 Å². The minimum absolute atomic E-state index is 0.163. The maximum absolute atomic E-state index is 12.3. The Balaban J connectivity index is 2.04. The summed E-state index contributed by atoms with van der Waals surface area (Å²) >= 11 is 0. The molecule has 0 unspecified atom stereocenters. The molecule has 2 rings (SSSR count). The zero-order chi connectivity index (χ0) is 16.9. The Hall–Kier alpha value is -2.61. The lowest BCUT2D eigenvalue weighted by Crippen LogP contribution is -2.29. The summed E-state index contributed by atoms with van der Waals surface area (Å²) in [6.45, 7) is -0.163. The second kappa shape index (κ2) is 7.10. The van der Waals surface area contributed by atoms with Crippen molar-refractivity contribution in [2.75, 3.05) is 6.54 Å². The monoisotopic (exact) mass is 326 g/mol. The molecule has 8 heteroatoms. The first-order chi connectivity index (χ1) is 10.9. The summed E-state index contributed by atoms with van der Waals surface area (Å²) in [6.07, 6.45) is -2.94. The number of para-hydroxylation sites is 1. The number of hydrogen-bond donors (Lipinski definition) is 2. The van der Waals surface area contributed by atoms with Crippen LogP contribution >= 0.6 is 0 Å². The van der Waals surface area contributed by atoms with Crippen LogP contribution in [-0.4, -0.2) is 28.9 Å². The molecule has 1 atom stereocenters. The van der Waals surface area contributed by atoms with E-state index in [9.17, 15) is 23.1 Å². The predicted octanol–water partition coefficient (Wildman–Crippen LogP) is 2.44. The molecule has 0 radical (unpaired) electrons. The smallest absolute Gasteiger partial charge is 0.405 e. The highest BCUT2D eigenvalue weighted by Crippen LogP contribution is 2.26. The molecular weight excluding hydrogens is 313 g/mol. The van der Waals surface area contributed by atoms with Crippen LogP contribution < -0.4 is 10.1 Å². The molecule has 2 N–H and O–H groups in total. The van der Waals surface area contributed by atoms with Crippen LogP contribution in [0.5, 0.6) is 5.75 Å². The van der Waals surface area contributed by atoms with E-state index in [-0.39, 0.29) is 12.1 Å². The van der Waals surface area contributed by atoms with Gasteiger partial charge in [-0.05, 0) is 29.8 Å². The summed E-state index contributed by atoms with van der Waals surface area (Å²) in [4.78, 5) is 15.8. The first kappa shape index (κ1) is 16.8. The number of alkyl halides is 3. The molecule has 122 valence electrons. The first-order valence-electron chi connectivity index (χ1n) is 6.58. The van der Waals surface area contributed by atoms with Crippen molar-refractivity contribution in [3.63, 3.8) is 0 Å². The highest BCUT2D eigenvalue weighted by atomic mass is 19.4. The number of aliphatic hydroxyl groups excluding tert-OH is 1. The molecule has 1 aromatic heterocycles. The topological polar surface area (TPSA) is 71.5 Å². The summed E-state index contributed by atoms with van der Waals surface area (Å²) in [5.41, 5.74) is 0.256. The minimum Gasteiger partial charge on any atom is -0.405 e. The Bertz CT molecular complexity index is 663. The summed E-state index contributed by atoms with van der Waals surface area (Å²) in [5.74, 6) is -1.38. The zero-order valence-corrected chi connectivity index (χ0v) is 11.7. The van der Waals surface area contributed by atoms with Gasteiger partial charge >= 0.3 is 6.36 Å². The molecule has 0 spiro atoms. The predicted molar refractivity (Wildman–Crippen MR) is 74.7 cm³/mol. The van der Waals surface area contributed by atoms with Gasteiger partial charge in [-0.2, -0.15) is 0 Å². The second-order valence-corrected chi connectivity index (χ2v) is 4.55. The number of benzene rings is 1. The van der Waals surface area contributed by atoms with Crippen LogP contribution in [0.1, 0.15) is 22.0 Å². The summed E-state index contributed by atoms with van der Waals surface area (Å²) in [6, 6.07) is 8.12. The molecule has 1 heterocycles. The molecule has 0 aliphatic heterocycles. The first-order valence-corrected chi connectivity index (χ1v) is 6.58. The van der Waals surface area contributed by atoms with Crippen LogP contribution in [0.15, 0.2) is 48.8 Å². The average Bonchev–Trinajstić information content (AvgIpc) is 2.52. The van der Waals surface area contributed by atoms with Gasteiger partial charge in [-0.1, -0.05) is 12.1 Å². The quantitative estimate of drug-likeness (QED) is 0.885. The molecule has 2 aromatic rings. The van der Waals surface area contributed by atoms with E-state index < -0.39 is 24.1 Å². The SMILES string of the molecule is O=C(NC[C@@H](O)c1ccncc1)c1ccccc1OC(F)(F)F. The summed E-state index contributed by atoms with van der Waals surface area (Å²) < 4.78 is 40.8. The molecule has 0 fully saturated rings. The van der Waals surface area contributed by atoms with Crippen LogP contribution in [0.25, 0.3) is 0 Å². The Morgan fingerprint density at radius 2 is 1.87 bits per heavy atom. The highest BCUT2D eigenvalue weighted by Gasteiger charge is 2.32. The van der Waals surface area contributed by atoms with Crippen LogP contribution in [-0.2, 0) is 0 Å². The van der Waals surface area contributed by atoms with E-state index in [1.807, 2.05) is 0 Å². The van der Waals surface area contributed by atoms with E-state index in [1.54, 1.807) is 12.1 Å². The van der Waals surface area contributed by atoms with Crippen molar-refractivity contribution in [3.8, 4) is 5.75 Å². The number of rotatable bonds is 5. The number of nitrogens with zero attached hydrogens (tertiary/aromatic N) is 1. The van der Waals surface area contributed by atoms with Gasteiger partial charge < -0.3 is 15.2 Å². The van der Waals surface area contributed by atoms with Gasteiger partial charge in [0.1, 0.15) is 5.75 Å². The Morgan fingerprint density at radius 3 is 2.52 bits per heavy atom. The fourth-order valence-electron chi connectivity index (χ4n) is 1.86. The third-order valence-electron chi connectivity index (χ3n) is 2.90. The Kier molecular flexibility index (Phi) is 5.17. The molecule has 5 nitrogen and oxygen atoms in total. The average molecular weight is 326 g/mol. The summed E-state index contributed by atoms with van der Waals surface area (Å²) in [7, 11) is 0. The standard InChI is InChI=1S/C15H13F3N2O3/c16-15(17,18)23-13-4-2-1-3-11(13)14(22)20-9-12(21)10-5-7-19-8-6-10/h1-8,12,21H,9H2,(H,20,22)/t12-/m1/s1. The fourth-order valence-corrected chi connectivity index (χ4v) is 1.86. The van der Waals surface area contributed by atoms with Crippen molar-refractivity contribution in [1.82, 2.24) is 10.3 Å². The van der Waals surface area contributed by atoms with Gasteiger partial charge in [-0.15, -0.1) is 13.2 Å². The number of halogens is 3. The lowest BCUT2D eigenvalue weighted by Gasteiger charge is -2.15. The lowest BCUT2D eigenvalue weighted by molar-refractivity contribution is -0.274. The van der Waals surface area contributed by atoms with Crippen molar-refractivity contribution in [2.45, 2.75) is 12.5 Å². The van der Waals surface area contributed by atoms with E-state index >= 15 is 0 Å². The lowest BCUT2D eigenvalue weighted by atomic mass is 10.1. The number of amides is 1. The number of aliphatic hydroxyl groups is 1. The van der Waals surface area contributed by atoms with Crippen molar-refractivity contribution in [1.29, 1.82) is 0 Å². The number of nitrogens with one attached hydrogen (secondary N) is 1. The van der Waals surface area contributed by atoms with Gasteiger partial charge in [0.25, 0.3) is 5.91 Å². The number of carbonyl (C=O) groups excluding carboxylic acids is 1. The molecular formula is C15H13F3N2O3. The third kappa shape index (κ3) is 4.96. The van der Waals surface area contributed by atoms with Crippen molar-refractivity contribution >= 4 is 5.91 Å². The normalized spacial score (nSPS) is 12.5. The highest BCUT2D eigenvalue weighted by molar-refractivity contribution is 5.96. The number of hydrogen-bond acceptors (Lipinski definition) is 4. The number of aromatic nitrogens is 1. The van der Waals surface area contributed by atoms with Gasteiger partial charge in [-0.25, -0.2) is 0 Å². The van der Waals surface area contributed by atoms with Crippen LogP contribution in [0.2, 0.25) is 0 Å². The molecule has 0 aliphatic carbocycles. The molecule has 0 saturated heterocycles. The van der Waals surface area contributed by atoms with E-state index in [2.05, 4.69) is 15.0 Å². The van der Waals surface area contributed by atoms with Gasteiger partial charge in [-0.3, -0.25) is 9.78 Å². The van der Waals surface area contributed by atoms with Crippen LogP contribution in [0, 0.1) is 0 Å². The van der Waals surface area contributed by atoms with Gasteiger partial charge in [0.2, 0.25) is 0 Å². The molecule has 0 bridgehead atoms. The Morgan fingerprint density at radius 1 is 1.22 bits per heavy atom. The summed E-state index contributed by atoms with van der Waals surface area (Å²) in [5, 5.41) is 12.3. The second-order valence-electron chi connectivity index (χ2n) is 4.55. The van der Waals surface area contributed by atoms with Crippen molar-refractivity contribution in [3.05, 3.63) is 59.9 Å². The fraction of sp³-hybridized carbons (Fsp3) is 0.200. The Labute approximate surface area is 129 Å². The maximum atomic E-state index is 12.3. The number of ether oxygens (including phenoxy) is 1. The third-order valence-corrected chi connectivity index (χ3v) is 2.90. The maximum Gasteiger partial charge on any atom is 0.573 e. The minimum atomic E-state index is -4.90. The van der Waals surface area contributed by atoms with E-state index in [0.717, 1.165) is 6.07 Å². The number of carbonyl (C=O) groups is 1. The number of pyridine rings is 1. The van der Waals surface area contributed by atoms with Crippen molar-refractivity contribution in [2.24, 2.45) is 0 Å². The van der Waals surface area contributed by atoms with E-state index in [0.29, 0.717) is 5.56 Å². The molecule has 0 aliphatic rings. The van der Waals surface area contributed by atoms with E-state index in [1.165, 1.54) is 30.6 Å². The molecule has 1 aromatic carbocycles. The van der Waals surface area contributed by atoms with Crippen LogP contribution in [0.4, 0.5) is 13.2 Å². The molecule has 0 saturated carbocycles. The van der Waals surface area contributed by atoms with Gasteiger partial charge in [0.05, 0.1) is 11.7 Å².